The predicted octanol–water partition coefficient (Wildman–Crippen LogP) is 5.01. The van der Waals surface area contributed by atoms with Crippen LogP contribution >= 0.6 is 0 Å². The number of nitrogens with zero attached hydrogens (tertiary/aromatic N) is 2. The summed E-state index contributed by atoms with van der Waals surface area (Å²) in [5.74, 6) is 0.436. The number of aliphatic hydroxyl groups is 1. The van der Waals surface area contributed by atoms with Crippen molar-refractivity contribution in [3.05, 3.63) is 65.0 Å². The lowest BCUT2D eigenvalue weighted by molar-refractivity contribution is -0.0594. The maximum Gasteiger partial charge on any atom is 0.137 e. The molecule has 0 radical (unpaired) electrons. The average molecular weight is 390 g/mol. The van der Waals surface area contributed by atoms with Gasteiger partial charge in [-0.25, -0.2) is 4.98 Å². The Morgan fingerprint density at radius 2 is 1.83 bits per heavy atom. The van der Waals surface area contributed by atoms with Gasteiger partial charge < -0.3 is 10.1 Å². The van der Waals surface area contributed by atoms with Crippen LogP contribution in [-0.4, -0.2) is 32.1 Å². The number of nitrogens with one attached hydrogen (secondary N) is 1. The van der Waals surface area contributed by atoms with Crippen LogP contribution in [0.2, 0.25) is 0 Å². The molecule has 2 aliphatic heterocycles. The van der Waals surface area contributed by atoms with Gasteiger partial charge in [0, 0.05) is 35.9 Å². The number of rotatable bonds is 4. The summed E-state index contributed by atoms with van der Waals surface area (Å²) in [5, 5.41) is 12.8. The third-order valence-corrected chi connectivity index (χ3v) is 7.14. The summed E-state index contributed by atoms with van der Waals surface area (Å²) >= 11 is 0. The third kappa shape index (κ3) is 3.19. The van der Waals surface area contributed by atoms with Gasteiger partial charge in [-0.15, -0.1) is 0 Å². The van der Waals surface area contributed by atoms with Gasteiger partial charge in [0.25, 0.3) is 0 Å². The molecule has 2 saturated heterocycles. The standard InChI is InChI=1S/C25H31N3O/c1-16(2)23-22(21-5-4-12-26-24(21)27-23)15-28-19-10-11-20(28)14-25(29,13-19)18-8-6-17(3)7-9-18/h4-9,12,16,19-20,29H,10-11,13-15H2,1-3H3,(H,26,27)/t19-,20-/m1/s1. The van der Waals surface area contributed by atoms with E-state index in [9.17, 15) is 5.11 Å². The van der Waals surface area contributed by atoms with E-state index in [2.05, 4.69) is 66.0 Å². The maximum absolute atomic E-state index is 11.5. The van der Waals surface area contributed by atoms with Crippen molar-refractivity contribution in [1.82, 2.24) is 14.9 Å². The number of aryl methyl sites for hydroxylation is 1. The Labute approximate surface area is 173 Å². The van der Waals surface area contributed by atoms with Crippen molar-refractivity contribution >= 4 is 11.0 Å². The SMILES string of the molecule is Cc1ccc(C2(O)C[C@H]3CC[C@H](C2)N3Cc2c(C(C)C)[nH]c3ncccc23)cc1. The topological polar surface area (TPSA) is 52.1 Å². The van der Waals surface area contributed by atoms with Crippen molar-refractivity contribution in [2.45, 2.75) is 76.6 Å². The highest BCUT2D eigenvalue weighted by molar-refractivity contribution is 5.81. The van der Waals surface area contributed by atoms with Gasteiger partial charge in [-0.2, -0.15) is 0 Å². The van der Waals surface area contributed by atoms with Crippen LogP contribution < -0.4 is 0 Å². The molecule has 4 nitrogen and oxygen atoms in total. The fourth-order valence-corrected chi connectivity index (χ4v) is 5.62. The number of benzene rings is 1. The summed E-state index contributed by atoms with van der Waals surface area (Å²) in [6, 6.07) is 13.6. The average Bonchev–Trinajstić information content (AvgIpc) is 3.18. The molecule has 0 unspecified atom stereocenters. The number of hydrogen-bond donors (Lipinski definition) is 2. The summed E-state index contributed by atoms with van der Waals surface area (Å²) in [7, 11) is 0. The van der Waals surface area contributed by atoms with Gasteiger partial charge in [0.2, 0.25) is 0 Å². The Balaban J connectivity index is 1.44. The number of pyridine rings is 1. The predicted molar refractivity (Wildman–Crippen MR) is 117 cm³/mol. The Hall–Kier alpha value is -2.17. The van der Waals surface area contributed by atoms with Crippen LogP contribution in [0.25, 0.3) is 11.0 Å². The van der Waals surface area contributed by atoms with Gasteiger partial charge in [-0.3, -0.25) is 4.90 Å². The van der Waals surface area contributed by atoms with E-state index in [1.807, 2.05) is 12.3 Å². The fraction of sp³-hybridized carbons (Fsp3) is 0.480. The maximum atomic E-state index is 11.5. The van der Waals surface area contributed by atoms with Gasteiger partial charge in [0.1, 0.15) is 5.65 Å². The minimum Gasteiger partial charge on any atom is -0.385 e. The second-order valence-electron chi connectivity index (χ2n) is 9.43. The Bertz CT molecular complexity index is 1010. The molecule has 3 aromatic rings. The normalized spacial score (nSPS) is 27.2. The molecule has 2 fully saturated rings. The van der Waals surface area contributed by atoms with Crippen molar-refractivity contribution < 1.29 is 5.11 Å². The summed E-state index contributed by atoms with van der Waals surface area (Å²) in [6.45, 7) is 7.53. The molecule has 1 aromatic carbocycles. The van der Waals surface area contributed by atoms with E-state index < -0.39 is 5.60 Å². The zero-order valence-corrected chi connectivity index (χ0v) is 17.7. The molecule has 2 bridgehead atoms. The van der Waals surface area contributed by atoms with Crippen molar-refractivity contribution in [2.24, 2.45) is 0 Å². The molecule has 0 spiro atoms. The quantitative estimate of drug-likeness (QED) is 0.659. The lowest BCUT2D eigenvalue weighted by atomic mass is 9.80. The number of aromatic amines is 1. The molecule has 4 heterocycles. The minimum absolute atomic E-state index is 0.432. The number of fused-ring (bicyclic) bond motifs is 3. The molecule has 2 aromatic heterocycles. The van der Waals surface area contributed by atoms with Crippen molar-refractivity contribution in [3.63, 3.8) is 0 Å². The molecule has 0 aliphatic carbocycles. The largest absolute Gasteiger partial charge is 0.385 e. The second kappa shape index (κ2) is 6.96. The molecule has 2 aliphatic rings. The van der Waals surface area contributed by atoms with E-state index in [1.54, 1.807) is 0 Å². The van der Waals surface area contributed by atoms with Crippen LogP contribution in [0.5, 0.6) is 0 Å². The van der Waals surface area contributed by atoms with Crippen LogP contribution in [0, 0.1) is 6.92 Å². The minimum atomic E-state index is -0.696. The Morgan fingerprint density at radius 3 is 2.48 bits per heavy atom. The van der Waals surface area contributed by atoms with Crippen molar-refractivity contribution in [3.8, 4) is 0 Å². The van der Waals surface area contributed by atoms with Crippen LogP contribution in [0.15, 0.2) is 42.6 Å². The zero-order chi connectivity index (χ0) is 20.2. The number of aromatic nitrogens is 2. The van der Waals surface area contributed by atoms with E-state index in [4.69, 9.17) is 0 Å². The van der Waals surface area contributed by atoms with Crippen LogP contribution in [0.4, 0.5) is 0 Å². The molecule has 5 rings (SSSR count). The molecular weight excluding hydrogens is 358 g/mol. The van der Waals surface area contributed by atoms with Gasteiger partial charge in [-0.1, -0.05) is 43.7 Å². The first-order valence-electron chi connectivity index (χ1n) is 11.0. The highest BCUT2D eigenvalue weighted by atomic mass is 16.3. The molecule has 2 atom stereocenters. The third-order valence-electron chi connectivity index (χ3n) is 7.14. The van der Waals surface area contributed by atoms with Gasteiger partial charge in [0.05, 0.1) is 5.60 Å². The lowest BCUT2D eigenvalue weighted by Crippen LogP contribution is -2.49. The second-order valence-corrected chi connectivity index (χ2v) is 9.43. The van der Waals surface area contributed by atoms with Crippen molar-refractivity contribution in [1.29, 1.82) is 0 Å². The van der Waals surface area contributed by atoms with Gasteiger partial charge in [0.15, 0.2) is 0 Å². The van der Waals surface area contributed by atoms with Gasteiger partial charge in [-0.05, 0) is 61.8 Å². The van der Waals surface area contributed by atoms with Crippen LogP contribution in [0.3, 0.4) is 0 Å². The number of H-pyrrole nitrogens is 1. The highest BCUT2D eigenvalue weighted by Gasteiger charge is 2.48. The van der Waals surface area contributed by atoms with E-state index in [-0.39, 0.29) is 0 Å². The first-order chi connectivity index (χ1) is 13.9. The first kappa shape index (κ1) is 18.8. The zero-order valence-electron chi connectivity index (χ0n) is 17.7. The monoisotopic (exact) mass is 389 g/mol. The van der Waals surface area contributed by atoms with Crippen LogP contribution in [-0.2, 0) is 12.1 Å². The molecule has 152 valence electrons. The Kier molecular flexibility index (Phi) is 4.52. The number of piperidine rings is 1. The molecule has 4 heteroatoms. The summed E-state index contributed by atoms with van der Waals surface area (Å²) in [4.78, 5) is 10.8. The van der Waals surface area contributed by atoms with E-state index in [0.717, 1.165) is 30.6 Å². The summed E-state index contributed by atoms with van der Waals surface area (Å²) in [5.41, 5.74) is 5.31. The lowest BCUT2D eigenvalue weighted by Gasteiger charge is -2.44. The number of hydrogen-bond acceptors (Lipinski definition) is 3. The Morgan fingerprint density at radius 1 is 1.14 bits per heavy atom. The van der Waals surface area contributed by atoms with E-state index in [0.29, 0.717) is 18.0 Å². The molecule has 29 heavy (non-hydrogen) atoms. The summed E-state index contributed by atoms with van der Waals surface area (Å²) in [6.07, 6.45) is 5.86. The summed E-state index contributed by atoms with van der Waals surface area (Å²) < 4.78 is 0. The van der Waals surface area contributed by atoms with Crippen LogP contribution in [0.1, 0.15) is 67.8 Å². The first-order valence-corrected chi connectivity index (χ1v) is 11.0. The smallest absolute Gasteiger partial charge is 0.137 e. The molecular formula is C25H31N3O. The molecule has 0 amide bonds. The van der Waals surface area contributed by atoms with E-state index >= 15 is 0 Å². The fourth-order valence-electron chi connectivity index (χ4n) is 5.62. The van der Waals surface area contributed by atoms with Crippen molar-refractivity contribution in [2.75, 3.05) is 0 Å². The van der Waals surface area contributed by atoms with E-state index in [1.165, 1.54) is 35.0 Å². The molecule has 2 N–H and O–H groups in total. The highest BCUT2D eigenvalue weighted by Crippen LogP contribution is 2.47. The molecule has 0 saturated carbocycles. The van der Waals surface area contributed by atoms with Gasteiger partial charge >= 0.3 is 0 Å².